The van der Waals surface area contributed by atoms with Crippen LogP contribution in [0.5, 0.6) is 0 Å². The average Bonchev–Trinajstić information content (AvgIpc) is 3.20. The Hall–Kier alpha value is -2.87. The van der Waals surface area contributed by atoms with Gasteiger partial charge in [-0.2, -0.15) is 0 Å². The van der Waals surface area contributed by atoms with Gasteiger partial charge in [-0.25, -0.2) is 0 Å². The van der Waals surface area contributed by atoms with Gasteiger partial charge in [-0.15, -0.1) is 10.2 Å². The zero-order valence-corrected chi connectivity index (χ0v) is 15.4. The standard InChI is InChI=1S/C18H17N5O2S/c1-10-4-5-13-7-11(2)17-20-21-18(23(17)14(13)6-10)26-9-16(24)19-15-8-12(3)25-22-15/h4-8H,9H2,1-3H3,(H,19,22,24). The number of carbonyl (C=O) groups is 1. The highest BCUT2D eigenvalue weighted by atomic mass is 32.2. The molecule has 0 saturated carbocycles. The second kappa shape index (κ2) is 6.45. The molecule has 3 heterocycles. The molecule has 0 bridgehead atoms. The SMILES string of the molecule is Cc1ccc2cc(C)c3nnc(SCC(=O)Nc4cc(C)on4)n3c2c1. The molecular weight excluding hydrogens is 350 g/mol. The maximum Gasteiger partial charge on any atom is 0.236 e. The van der Waals surface area contributed by atoms with E-state index in [-0.39, 0.29) is 11.7 Å². The Kier molecular flexibility index (Phi) is 4.12. The Morgan fingerprint density at radius 3 is 2.81 bits per heavy atom. The van der Waals surface area contributed by atoms with E-state index >= 15 is 0 Å². The van der Waals surface area contributed by atoms with Gasteiger partial charge in [0.05, 0.1) is 11.3 Å². The van der Waals surface area contributed by atoms with Crippen molar-refractivity contribution >= 4 is 40.0 Å². The highest BCUT2D eigenvalue weighted by Gasteiger charge is 2.14. The molecule has 132 valence electrons. The second-order valence-corrected chi connectivity index (χ2v) is 7.13. The first kappa shape index (κ1) is 16.6. The van der Waals surface area contributed by atoms with Gasteiger partial charge in [0, 0.05) is 6.07 Å². The van der Waals surface area contributed by atoms with Gasteiger partial charge in [0.15, 0.2) is 16.6 Å². The van der Waals surface area contributed by atoms with Crippen LogP contribution in [0.3, 0.4) is 0 Å². The number of rotatable bonds is 4. The summed E-state index contributed by atoms with van der Waals surface area (Å²) in [5.74, 6) is 1.09. The maximum atomic E-state index is 12.2. The lowest BCUT2D eigenvalue weighted by molar-refractivity contribution is -0.113. The fraction of sp³-hybridized carbons (Fsp3) is 0.222. The van der Waals surface area contributed by atoms with Gasteiger partial charge in [-0.3, -0.25) is 9.20 Å². The number of aromatic nitrogens is 4. The molecule has 1 amide bonds. The Balaban J connectivity index is 1.63. The van der Waals surface area contributed by atoms with E-state index < -0.39 is 0 Å². The molecule has 0 aliphatic heterocycles. The van der Waals surface area contributed by atoms with Crippen molar-refractivity contribution in [2.75, 3.05) is 11.1 Å². The molecule has 0 unspecified atom stereocenters. The number of nitrogens with one attached hydrogen (secondary N) is 1. The molecule has 0 aliphatic rings. The Bertz CT molecular complexity index is 1130. The zero-order chi connectivity index (χ0) is 18.3. The molecule has 3 aromatic heterocycles. The summed E-state index contributed by atoms with van der Waals surface area (Å²) in [5, 5.41) is 16.9. The Morgan fingerprint density at radius 1 is 1.19 bits per heavy atom. The number of hydrogen-bond acceptors (Lipinski definition) is 6. The molecule has 1 N–H and O–H groups in total. The predicted octanol–water partition coefficient (Wildman–Crippen LogP) is 3.53. The van der Waals surface area contributed by atoms with Crippen molar-refractivity contribution in [2.24, 2.45) is 0 Å². The summed E-state index contributed by atoms with van der Waals surface area (Å²) in [6.45, 7) is 5.84. The minimum atomic E-state index is -0.173. The summed E-state index contributed by atoms with van der Waals surface area (Å²) in [7, 11) is 0. The lowest BCUT2D eigenvalue weighted by Gasteiger charge is -2.08. The highest BCUT2D eigenvalue weighted by Crippen LogP contribution is 2.26. The van der Waals surface area contributed by atoms with E-state index in [1.165, 1.54) is 11.8 Å². The zero-order valence-electron chi connectivity index (χ0n) is 14.6. The number of carbonyl (C=O) groups excluding carboxylic acids is 1. The topological polar surface area (TPSA) is 85.3 Å². The number of pyridine rings is 1. The molecule has 8 heteroatoms. The van der Waals surface area contributed by atoms with Crippen LogP contribution < -0.4 is 5.32 Å². The third kappa shape index (κ3) is 3.03. The second-order valence-electron chi connectivity index (χ2n) is 6.19. The summed E-state index contributed by atoms with van der Waals surface area (Å²) < 4.78 is 6.96. The summed E-state index contributed by atoms with van der Waals surface area (Å²) in [6, 6.07) is 10.1. The lowest BCUT2D eigenvalue weighted by Crippen LogP contribution is -2.14. The number of anilines is 1. The molecule has 26 heavy (non-hydrogen) atoms. The highest BCUT2D eigenvalue weighted by molar-refractivity contribution is 7.99. The monoisotopic (exact) mass is 367 g/mol. The summed E-state index contributed by atoms with van der Waals surface area (Å²) >= 11 is 1.34. The molecule has 4 rings (SSSR count). The van der Waals surface area contributed by atoms with Crippen LogP contribution in [0.15, 0.2) is 40.0 Å². The smallest absolute Gasteiger partial charge is 0.236 e. The first-order valence-corrected chi connectivity index (χ1v) is 9.11. The van der Waals surface area contributed by atoms with Crippen molar-refractivity contribution in [3.63, 3.8) is 0 Å². The average molecular weight is 367 g/mol. The van der Waals surface area contributed by atoms with E-state index in [1.807, 2.05) is 11.3 Å². The van der Waals surface area contributed by atoms with Crippen molar-refractivity contribution in [1.29, 1.82) is 0 Å². The third-order valence-electron chi connectivity index (χ3n) is 4.01. The van der Waals surface area contributed by atoms with Crippen LogP contribution in [-0.4, -0.2) is 31.4 Å². The molecule has 4 aromatic rings. The van der Waals surface area contributed by atoms with Crippen LogP contribution in [0.25, 0.3) is 16.6 Å². The molecule has 7 nitrogen and oxygen atoms in total. The third-order valence-corrected chi connectivity index (χ3v) is 4.94. The molecule has 0 radical (unpaired) electrons. The van der Waals surface area contributed by atoms with Crippen LogP contribution in [-0.2, 0) is 4.79 Å². The maximum absolute atomic E-state index is 12.2. The molecule has 0 spiro atoms. The van der Waals surface area contributed by atoms with Crippen LogP contribution in [0.2, 0.25) is 0 Å². The number of amides is 1. The van der Waals surface area contributed by atoms with Crippen LogP contribution in [0.4, 0.5) is 5.82 Å². The molecule has 0 saturated heterocycles. The van der Waals surface area contributed by atoms with Crippen molar-refractivity contribution < 1.29 is 9.32 Å². The number of aryl methyl sites for hydroxylation is 3. The minimum absolute atomic E-state index is 0.173. The van der Waals surface area contributed by atoms with Gasteiger partial charge in [-0.1, -0.05) is 29.1 Å². The first-order valence-electron chi connectivity index (χ1n) is 8.12. The van der Waals surface area contributed by atoms with E-state index in [0.717, 1.165) is 27.7 Å². The molecule has 0 aliphatic carbocycles. The molecule has 0 fully saturated rings. The van der Waals surface area contributed by atoms with Crippen molar-refractivity contribution in [2.45, 2.75) is 25.9 Å². The molecule has 1 aromatic carbocycles. The van der Waals surface area contributed by atoms with Gasteiger partial charge in [-0.05, 0) is 49.4 Å². The van der Waals surface area contributed by atoms with Crippen molar-refractivity contribution in [3.05, 3.63) is 47.2 Å². The lowest BCUT2D eigenvalue weighted by atomic mass is 10.1. The molecule has 0 atom stereocenters. The van der Waals surface area contributed by atoms with Gasteiger partial charge in [0.25, 0.3) is 0 Å². The molecular formula is C18H17N5O2S. The van der Waals surface area contributed by atoms with Crippen LogP contribution in [0.1, 0.15) is 16.9 Å². The Labute approximate surface area is 153 Å². The van der Waals surface area contributed by atoms with Gasteiger partial charge >= 0.3 is 0 Å². The minimum Gasteiger partial charge on any atom is -0.360 e. The van der Waals surface area contributed by atoms with E-state index in [4.69, 9.17) is 4.52 Å². The number of nitrogens with zero attached hydrogens (tertiary/aromatic N) is 4. The normalized spacial score (nSPS) is 11.3. The number of benzene rings is 1. The fourth-order valence-electron chi connectivity index (χ4n) is 2.84. The number of fused-ring (bicyclic) bond motifs is 3. The largest absolute Gasteiger partial charge is 0.360 e. The fourth-order valence-corrected chi connectivity index (χ4v) is 3.58. The van der Waals surface area contributed by atoms with Crippen molar-refractivity contribution in [1.82, 2.24) is 19.8 Å². The number of thioether (sulfide) groups is 1. The number of hydrogen-bond donors (Lipinski definition) is 1. The van der Waals surface area contributed by atoms with Crippen LogP contribution >= 0.6 is 11.8 Å². The van der Waals surface area contributed by atoms with Gasteiger partial charge in [0.2, 0.25) is 5.91 Å². The Morgan fingerprint density at radius 2 is 2.04 bits per heavy atom. The predicted molar refractivity (Wildman–Crippen MR) is 101 cm³/mol. The summed E-state index contributed by atoms with van der Waals surface area (Å²) in [4.78, 5) is 12.2. The van der Waals surface area contributed by atoms with E-state index in [9.17, 15) is 4.79 Å². The van der Waals surface area contributed by atoms with Crippen LogP contribution in [0, 0.1) is 20.8 Å². The quantitative estimate of drug-likeness (QED) is 0.556. The first-order chi connectivity index (χ1) is 12.5. The van der Waals surface area contributed by atoms with Gasteiger partial charge < -0.3 is 9.84 Å². The van der Waals surface area contributed by atoms with Crippen molar-refractivity contribution in [3.8, 4) is 0 Å². The summed E-state index contributed by atoms with van der Waals surface area (Å²) in [6.07, 6.45) is 0. The van der Waals surface area contributed by atoms with Gasteiger partial charge in [0.1, 0.15) is 5.76 Å². The van der Waals surface area contributed by atoms with E-state index in [1.54, 1.807) is 13.0 Å². The van der Waals surface area contributed by atoms with E-state index in [2.05, 4.69) is 51.9 Å². The summed E-state index contributed by atoms with van der Waals surface area (Å²) in [5.41, 5.74) is 4.04. The van der Waals surface area contributed by atoms with E-state index in [0.29, 0.717) is 16.7 Å².